The average molecular weight is 231 g/mol. The predicted octanol–water partition coefficient (Wildman–Crippen LogP) is 0.477. The minimum atomic E-state index is 0.149. The number of amides is 1. The van der Waals surface area contributed by atoms with Crippen LogP contribution in [-0.4, -0.2) is 46.4 Å². The van der Waals surface area contributed by atoms with Crippen molar-refractivity contribution in [1.29, 1.82) is 0 Å². The van der Waals surface area contributed by atoms with Crippen LogP contribution in [0.2, 0.25) is 0 Å². The van der Waals surface area contributed by atoms with Crippen molar-refractivity contribution in [2.75, 3.05) is 18.6 Å². The Balaban J connectivity index is 2.40. The molecule has 1 rings (SSSR count). The molecule has 0 heterocycles. The Kier molecular flexibility index (Phi) is 4.74. The Labute approximate surface area is 93.7 Å². The van der Waals surface area contributed by atoms with Crippen molar-refractivity contribution in [2.24, 2.45) is 10.9 Å². The van der Waals surface area contributed by atoms with Crippen molar-refractivity contribution < 1.29 is 10.0 Å². The van der Waals surface area contributed by atoms with E-state index in [2.05, 4.69) is 5.16 Å². The first-order valence-corrected chi connectivity index (χ1v) is 6.33. The van der Waals surface area contributed by atoms with E-state index in [9.17, 15) is 4.79 Å². The highest BCUT2D eigenvalue weighted by Crippen LogP contribution is 2.27. The summed E-state index contributed by atoms with van der Waals surface area (Å²) >= 11 is 1.52. The van der Waals surface area contributed by atoms with Gasteiger partial charge in [-0.1, -0.05) is 5.16 Å². The van der Waals surface area contributed by atoms with Crippen LogP contribution in [0.15, 0.2) is 5.16 Å². The van der Waals surface area contributed by atoms with Crippen molar-refractivity contribution in [3.05, 3.63) is 0 Å². The molecule has 15 heavy (non-hydrogen) atoms. The molecule has 1 fully saturated rings. The second kappa shape index (κ2) is 5.85. The summed E-state index contributed by atoms with van der Waals surface area (Å²) in [5.41, 5.74) is 5.37. The van der Waals surface area contributed by atoms with E-state index in [1.807, 2.05) is 11.2 Å². The summed E-state index contributed by atoms with van der Waals surface area (Å²) in [5, 5.41) is 11.3. The van der Waals surface area contributed by atoms with E-state index in [1.165, 1.54) is 11.8 Å². The largest absolute Gasteiger partial charge is 0.409 e. The molecular formula is C9H17N3O2S. The summed E-state index contributed by atoms with van der Waals surface area (Å²) in [7, 11) is 0. The van der Waals surface area contributed by atoms with Gasteiger partial charge in [0.05, 0.1) is 5.75 Å². The maximum atomic E-state index is 11.7. The van der Waals surface area contributed by atoms with Gasteiger partial charge < -0.3 is 15.8 Å². The van der Waals surface area contributed by atoms with E-state index >= 15 is 0 Å². The normalized spacial score (nSPS) is 16.5. The summed E-state index contributed by atoms with van der Waals surface area (Å²) in [5.74, 6) is 0.834. The molecule has 3 N–H and O–H groups in total. The van der Waals surface area contributed by atoms with E-state index in [1.54, 1.807) is 0 Å². The minimum Gasteiger partial charge on any atom is -0.409 e. The number of amidine groups is 1. The molecule has 1 saturated carbocycles. The monoisotopic (exact) mass is 231 g/mol. The number of nitrogens with two attached hydrogens (primary N) is 1. The standard InChI is InChI=1S/C9H17N3O2S/c1-15-6-9(13)12(7-2-3-7)5-4-8(10)11-14/h7,14H,2-6H2,1H3,(H2,10,11). The third-order valence-corrected chi connectivity index (χ3v) is 2.85. The topological polar surface area (TPSA) is 78.9 Å². The van der Waals surface area contributed by atoms with Gasteiger partial charge in [-0.05, 0) is 19.1 Å². The average Bonchev–Trinajstić information content (AvgIpc) is 3.02. The molecule has 0 aromatic carbocycles. The van der Waals surface area contributed by atoms with Crippen molar-refractivity contribution in [3.63, 3.8) is 0 Å². The van der Waals surface area contributed by atoms with E-state index in [-0.39, 0.29) is 11.7 Å². The summed E-state index contributed by atoms with van der Waals surface area (Å²) in [6.45, 7) is 0.556. The molecule has 0 aromatic rings. The van der Waals surface area contributed by atoms with Crippen molar-refractivity contribution in [1.82, 2.24) is 4.90 Å². The fourth-order valence-corrected chi connectivity index (χ4v) is 1.80. The first-order valence-electron chi connectivity index (χ1n) is 4.93. The number of thioether (sulfide) groups is 1. The predicted molar refractivity (Wildman–Crippen MR) is 61.1 cm³/mol. The fourth-order valence-electron chi connectivity index (χ4n) is 1.39. The van der Waals surface area contributed by atoms with Gasteiger partial charge in [-0.15, -0.1) is 0 Å². The Morgan fingerprint density at radius 3 is 2.80 bits per heavy atom. The van der Waals surface area contributed by atoms with Gasteiger partial charge in [0.2, 0.25) is 5.91 Å². The molecule has 0 atom stereocenters. The lowest BCUT2D eigenvalue weighted by molar-refractivity contribution is -0.128. The zero-order valence-corrected chi connectivity index (χ0v) is 9.66. The molecule has 0 bridgehead atoms. The molecule has 0 aromatic heterocycles. The third-order valence-electron chi connectivity index (χ3n) is 2.31. The summed E-state index contributed by atoms with van der Waals surface area (Å²) < 4.78 is 0. The number of carbonyl (C=O) groups excluding carboxylic acids is 1. The zero-order valence-electron chi connectivity index (χ0n) is 8.85. The summed E-state index contributed by atoms with van der Waals surface area (Å²) in [4.78, 5) is 13.5. The van der Waals surface area contributed by atoms with Gasteiger partial charge in [0.25, 0.3) is 0 Å². The lowest BCUT2D eigenvalue weighted by atomic mass is 10.3. The van der Waals surface area contributed by atoms with Crippen LogP contribution >= 0.6 is 11.8 Å². The zero-order chi connectivity index (χ0) is 11.3. The Bertz CT molecular complexity index is 254. The van der Waals surface area contributed by atoms with Crippen LogP contribution in [0.1, 0.15) is 19.3 Å². The number of carbonyl (C=O) groups is 1. The van der Waals surface area contributed by atoms with Crippen LogP contribution in [-0.2, 0) is 4.79 Å². The van der Waals surface area contributed by atoms with Gasteiger partial charge >= 0.3 is 0 Å². The van der Waals surface area contributed by atoms with Gasteiger partial charge in [0.1, 0.15) is 5.84 Å². The lowest BCUT2D eigenvalue weighted by Gasteiger charge is -2.21. The number of rotatable bonds is 6. The van der Waals surface area contributed by atoms with Crippen molar-refractivity contribution in [3.8, 4) is 0 Å². The highest BCUT2D eigenvalue weighted by molar-refractivity contribution is 7.99. The quantitative estimate of drug-likeness (QED) is 0.301. The lowest BCUT2D eigenvalue weighted by Crippen LogP contribution is -2.37. The summed E-state index contributed by atoms with van der Waals surface area (Å²) in [6.07, 6.45) is 4.51. The number of hydrogen-bond donors (Lipinski definition) is 2. The molecule has 86 valence electrons. The molecule has 1 amide bonds. The Morgan fingerprint density at radius 1 is 1.67 bits per heavy atom. The molecule has 0 aliphatic heterocycles. The van der Waals surface area contributed by atoms with Crippen LogP contribution in [0.4, 0.5) is 0 Å². The minimum absolute atomic E-state index is 0.149. The second-order valence-corrected chi connectivity index (χ2v) is 4.46. The third kappa shape index (κ3) is 3.99. The maximum Gasteiger partial charge on any atom is 0.232 e. The molecule has 1 aliphatic carbocycles. The van der Waals surface area contributed by atoms with Gasteiger partial charge in [0.15, 0.2) is 0 Å². The van der Waals surface area contributed by atoms with Crippen LogP contribution in [0, 0.1) is 0 Å². The molecule has 0 radical (unpaired) electrons. The molecule has 5 nitrogen and oxygen atoms in total. The van der Waals surface area contributed by atoms with Gasteiger partial charge in [0, 0.05) is 19.0 Å². The Hall–Kier alpha value is -0.910. The SMILES string of the molecule is CSCC(=O)N(CCC(N)=NO)C1CC1. The van der Waals surface area contributed by atoms with Crippen molar-refractivity contribution >= 4 is 23.5 Å². The van der Waals surface area contributed by atoms with Gasteiger partial charge in [-0.3, -0.25) is 4.79 Å². The van der Waals surface area contributed by atoms with E-state index in [0.717, 1.165) is 12.8 Å². The summed E-state index contributed by atoms with van der Waals surface area (Å²) in [6, 6.07) is 0.385. The highest BCUT2D eigenvalue weighted by atomic mass is 32.2. The van der Waals surface area contributed by atoms with E-state index in [4.69, 9.17) is 10.9 Å². The fraction of sp³-hybridized carbons (Fsp3) is 0.778. The number of oxime groups is 1. The number of nitrogens with zero attached hydrogens (tertiary/aromatic N) is 2. The van der Waals surface area contributed by atoms with E-state index in [0.29, 0.717) is 24.8 Å². The van der Waals surface area contributed by atoms with E-state index < -0.39 is 0 Å². The van der Waals surface area contributed by atoms with Crippen LogP contribution in [0.25, 0.3) is 0 Å². The molecular weight excluding hydrogens is 214 g/mol. The first-order chi connectivity index (χ1) is 7.19. The molecule has 1 aliphatic rings. The maximum absolute atomic E-state index is 11.7. The van der Waals surface area contributed by atoms with Gasteiger partial charge in [-0.2, -0.15) is 11.8 Å². The van der Waals surface area contributed by atoms with Gasteiger partial charge in [-0.25, -0.2) is 0 Å². The van der Waals surface area contributed by atoms with Crippen molar-refractivity contribution in [2.45, 2.75) is 25.3 Å². The van der Waals surface area contributed by atoms with Crippen LogP contribution in [0.5, 0.6) is 0 Å². The first kappa shape index (κ1) is 12.2. The Morgan fingerprint density at radius 2 is 2.33 bits per heavy atom. The molecule has 0 unspecified atom stereocenters. The number of hydrogen-bond acceptors (Lipinski definition) is 4. The smallest absolute Gasteiger partial charge is 0.232 e. The highest BCUT2D eigenvalue weighted by Gasteiger charge is 2.31. The van der Waals surface area contributed by atoms with Crippen LogP contribution < -0.4 is 5.73 Å². The molecule has 6 heteroatoms. The molecule has 0 saturated heterocycles. The van der Waals surface area contributed by atoms with Crippen LogP contribution in [0.3, 0.4) is 0 Å². The second-order valence-electron chi connectivity index (χ2n) is 3.59. The molecule has 0 spiro atoms.